The molecule has 0 spiro atoms. The van der Waals surface area contributed by atoms with Gasteiger partial charge in [0.25, 0.3) is 5.91 Å². The lowest BCUT2D eigenvalue weighted by atomic mass is 10.2. The van der Waals surface area contributed by atoms with Gasteiger partial charge >= 0.3 is 0 Å². The number of rotatable bonds is 9. The Hall–Kier alpha value is -3.14. The minimum absolute atomic E-state index is 0.140. The van der Waals surface area contributed by atoms with Crippen molar-refractivity contribution in [3.8, 4) is 11.5 Å². The molecule has 1 fully saturated rings. The number of nitrogens with one attached hydrogen (secondary N) is 2. The number of carbonyl (C=O) groups is 2. The van der Waals surface area contributed by atoms with Gasteiger partial charge in [0.05, 0.1) is 45.4 Å². The Labute approximate surface area is 181 Å². The fourth-order valence-corrected chi connectivity index (χ4v) is 3.14. The molecule has 0 bridgehead atoms. The lowest BCUT2D eigenvalue weighted by molar-refractivity contribution is -0.118. The summed E-state index contributed by atoms with van der Waals surface area (Å²) in [5.74, 6) is 0.266. The maximum Gasteiger partial charge on any atom is 0.255 e. The number of benzene rings is 2. The molecule has 0 atom stereocenters. The molecule has 2 aromatic rings. The Balaban J connectivity index is 1.69. The van der Waals surface area contributed by atoms with E-state index in [4.69, 9.17) is 18.9 Å². The van der Waals surface area contributed by atoms with Gasteiger partial charge in [0.1, 0.15) is 11.5 Å². The van der Waals surface area contributed by atoms with Crippen LogP contribution in [0, 0.1) is 0 Å². The van der Waals surface area contributed by atoms with Crippen LogP contribution in [0.5, 0.6) is 11.5 Å². The largest absolute Gasteiger partial charge is 0.494 e. The predicted molar refractivity (Wildman–Crippen MR) is 116 cm³/mol. The molecule has 2 N–H and O–H groups in total. The van der Waals surface area contributed by atoms with Gasteiger partial charge in [0, 0.05) is 24.2 Å². The lowest BCUT2D eigenvalue weighted by Gasteiger charge is -2.20. The number of methoxy groups -OCH3 is 2. The van der Waals surface area contributed by atoms with Crippen LogP contribution in [0.1, 0.15) is 10.4 Å². The second-order valence-corrected chi connectivity index (χ2v) is 6.99. The van der Waals surface area contributed by atoms with Gasteiger partial charge < -0.3 is 29.6 Å². The van der Waals surface area contributed by atoms with Crippen molar-refractivity contribution in [1.82, 2.24) is 4.90 Å². The third-order valence-corrected chi connectivity index (χ3v) is 4.64. The molecule has 2 aromatic carbocycles. The number of carbonyl (C=O) groups excluding carboxylic acids is 2. The van der Waals surface area contributed by atoms with Gasteiger partial charge in [0.15, 0.2) is 6.29 Å². The number of anilines is 2. The first-order valence-electron chi connectivity index (χ1n) is 9.84. The summed E-state index contributed by atoms with van der Waals surface area (Å²) in [4.78, 5) is 26.8. The van der Waals surface area contributed by atoms with Gasteiger partial charge in [0.2, 0.25) is 5.91 Å². The van der Waals surface area contributed by atoms with E-state index in [1.807, 2.05) is 18.0 Å². The highest BCUT2D eigenvalue weighted by molar-refractivity contribution is 6.05. The maximum absolute atomic E-state index is 12.5. The van der Waals surface area contributed by atoms with Crippen LogP contribution >= 0.6 is 0 Å². The molecule has 3 rings (SSSR count). The molecular formula is C22H27N3O6. The highest BCUT2D eigenvalue weighted by Gasteiger charge is 2.20. The minimum Gasteiger partial charge on any atom is -0.494 e. The average Bonchev–Trinajstić information content (AvgIpc) is 3.27. The first kappa shape index (κ1) is 22.5. The molecule has 0 radical (unpaired) electrons. The van der Waals surface area contributed by atoms with Gasteiger partial charge in [-0.3, -0.25) is 14.5 Å². The average molecular weight is 429 g/mol. The van der Waals surface area contributed by atoms with E-state index in [2.05, 4.69) is 10.6 Å². The zero-order valence-electron chi connectivity index (χ0n) is 17.8. The van der Waals surface area contributed by atoms with E-state index in [0.717, 1.165) is 0 Å². The first-order chi connectivity index (χ1) is 15.0. The van der Waals surface area contributed by atoms with Gasteiger partial charge in [-0.25, -0.2) is 0 Å². The van der Waals surface area contributed by atoms with Crippen LogP contribution in [0.2, 0.25) is 0 Å². The van der Waals surface area contributed by atoms with E-state index in [1.165, 1.54) is 14.2 Å². The summed E-state index contributed by atoms with van der Waals surface area (Å²) in [6.07, 6.45) is -0.320. The van der Waals surface area contributed by atoms with Crippen molar-refractivity contribution in [2.75, 3.05) is 58.2 Å². The fraction of sp³-hybridized carbons (Fsp3) is 0.364. The Morgan fingerprint density at radius 2 is 1.58 bits per heavy atom. The standard InChI is InChI=1S/C22H27N3O6/c1-25(14-21-30-9-10-31-21)13-20(26)23-16-11-19(29-3)17(12-18(16)28-2)24-22(27)15-7-5-4-6-8-15/h4-8,11-12,21H,9-10,13-14H2,1-3H3,(H,23,26)(H,24,27). The van der Waals surface area contributed by atoms with Crippen molar-refractivity contribution >= 4 is 23.2 Å². The summed E-state index contributed by atoms with van der Waals surface area (Å²) in [6, 6.07) is 12.1. The number of nitrogens with zero attached hydrogens (tertiary/aromatic N) is 1. The highest BCUT2D eigenvalue weighted by Crippen LogP contribution is 2.36. The smallest absolute Gasteiger partial charge is 0.255 e. The normalized spacial score (nSPS) is 13.8. The summed E-state index contributed by atoms with van der Waals surface area (Å²) < 4.78 is 21.6. The molecule has 2 amide bonds. The van der Waals surface area contributed by atoms with Crippen molar-refractivity contribution in [1.29, 1.82) is 0 Å². The van der Waals surface area contributed by atoms with E-state index >= 15 is 0 Å². The summed E-state index contributed by atoms with van der Waals surface area (Å²) >= 11 is 0. The molecule has 1 saturated heterocycles. The topological polar surface area (TPSA) is 98.4 Å². The van der Waals surface area contributed by atoms with E-state index < -0.39 is 0 Å². The van der Waals surface area contributed by atoms with E-state index in [1.54, 1.807) is 36.4 Å². The van der Waals surface area contributed by atoms with Crippen molar-refractivity contribution in [3.63, 3.8) is 0 Å². The molecular weight excluding hydrogens is 402 g/mol. The second kappa shape index (κ2) is 10.8. The van der Waals surface area contributed by atoms with Crippen molar-refractivity contribution in [2.45, 2.75) is 6.29 Å². The van der Waals surface area contributed by atoms with Crippen molar-refractivity contribution in [2.24, 2.45) is 0 Å². The predicted octanol–water partition coefficient (Wildman–Crippen LogP) is 2.20. The van der Waals surface area contributed by atoms with E-state index in [-0.39, 0.29) is 24.6 Å². The number of amides is 2. The number of ether oxygens (including phenoxy) is 4. The Bertz CT molecular complexity index is 900. The fourth-order valence-electron chi connectivity index (χ4n) is 3.14. The first-order valence-corrected chi connectivity index (χ1v) is 9.84. The summed E-state index contributed by atoms with van der Waals surface area (Å²) in [6.45, 7) is 1.75. The van der Waals surface area contributed by atoms with Gasteiger partial charge in [-0.05, 0) is 19.2 Å². The van der Waals surface area contributed by atoms with E-state index in [9.17, 15) is 9.59 Å². The lowest BCUT2D eigenvalue weighted by Crippen LogP contribution is -2.36. The molecule has 9 nitrogen and oxygen atoms in total. The van der Waals surface area contributed by atoms with Crippen LogP contribution in [-0.4, -0.2) is 70.6 Å². The number of hydrogen-bond acceptors (Lipinski definition) is 7. The van der Waals surface area contributed by atoms with Crippen molar-refractivity contribution < 1.29 is 28.5 Å². The molecule has 0 saturated carbocycles. The zero-order chi connectivity index (χ0) is 22.2. The van der Waals surface area contributed by atoms with Crippen LogP contribution in [-0.2, 0) is 14.3 Å². The zero-order valence-corrected chi connectivity index (χ0v) is 17.8. The molecule has 9 heteroatoms. The molecule has 0 unspecified atom stereocenters. The van der Waals surface area contributed by atoms with Gasteiger partial charge in [-0.2, -0.15) is 0 Å². The monoisotopic (exact) mass is 429 g/mol. The molecule has 31 heavy (non-hydrogen) atoms. The third kappa shape index (κ3) is 6.17. The van der Waals surface area contributed by atoms with Crippen LogP contribution in [0.4, 0.5) is 11.4 Å². The molecule has 1 aliphatic rings. The quantitative estimate of drug-likeness (QED) is 0.631. The van der Waals surface area contributed by atoms with Crippen LogP contribution in [0.3, 0.4) is 0 Å². The summed E-state index contributed by atoms with van der Waals surface area (Å²) in [7, 11) is 4.78. The van der Waals surface area contributed by atoms with Crippen LogP contribution in [0.25, 0.3) is 0 Å². The van der Waals surface area contributed by atoms with Crippen LogP contribution < -0.4 is 20.1 Å². The molecule has 166 valence electrons. The molecule has 0 aromatic heterocycles. The molecule has 1 aliphatic heterocycles. The molecule has 0 aliphatic carbocycles. The van der Waals surface area contributed by atoms with Gasteiger partial charge in [-0.1, -0.05) is 18.2 Å². The number of likely N-dealkylation sites (N-methyl/N-ethyl adjacent to an activating group) is 1. The number of hydrogen-bond donors (Lipinski definition) is 2. The van der Waals surface area contributed by atoms with Crippen LogP contribution in [0.15, 0.2) is 42.5 Å². The molecule has 1 heterocycles. The Morgan fingerprint density at radius 3 is 2.16 bits per heavy atom. The van der Waals surface area contributed by atoms with E-state index in [0.29, 0.717) is 48.2 Å². The third-order valence-electron chi connectivity index (χ3n) is 4.64. The summed E-state index contributed by atoms with van der Waals surface area (Å²) in [5.41, 5.74) is 1.38. The highest BCUT2D eigenvalue weighted by atomic mass is 16.7. The Morgan fingerprint density at radius 1 is 1.00 bits per heavy atom. The Kier molecular flexibility index (Phi) is 7.82. The SMILES string of the molecule is COc1cc(NC(=O)c2ccccc2)c(OC)cc1NC(=O)CN(C)CC1OCCO1. The van der Waals surface area contributed by atoms with Gasteiger partial charge in [-0.15, -0.1) is 0 Å². The summed E-state index contributed by atoms with van der Waals surface area (Å²) in [5, 5.41) is 5.64. The maximum atomic E-state index is 12.5. The second-order valence-electron chi connectivity index (χ2n) is 6.99. The minimum atomic E-state index is -0.320. The van der Waals surface area contributed by atoms with Crippen molar-refractivity contribution in [3.05, 3.63) is 48.0 Å².